The fourth-order valence-corrected chi connectivity index (χ4v) is 1.07. The molecule has 1 saturated heterocycles. The van der Waals surface area contributed by atoms with Gasteiger partial charge in [0.1, 0.15) is 6.04 Å². The number of carboxylic acids is 1. The van der Waals surface area contributed by atoms with E-state index in [2.05, 4.69) is 11.2 Å². The first-order valence-corrected chi connectivity index (χ1v) is 3.19. The van der Waals surface area contributed by atoms with E-state index in [4.69, 9.17) is 11.5 Å². The van der Waals surface area contributed by atoms with E-state index in [0.717, 1.165) is 6.42 Å². The highest BCUT2D eigenvalue weighted by Gasteiger charge is 2.26. The van der Waals surface area contributed by atoms with Crippen molar-refractivity contribution in [3.05, 3.63) is 0 Å². The molecule has 1 fully saturated rings. The van der Waals surface area contributed by atoms with Crippen LogP contribution in [0.1, 0.15) is 12.8 Å². The van der Waals surface area contributed by atoms with E-state index in [-0.39, 0.29) is 6.04 Å². The Morgan fingerprint density at radius 2 is 2.40 bits per heavy atom. The van der Waals surface area contributed by atoms with Gasteiger partial charge in [0, 0.05) is 0 Å². The van der Waals surface area contributed by atoms with E-state index in [0.29, 0.717) is 6.42 Å². The van der Waals surface area contributed by atoms with E-state index in [9.17, 15) is 4.79 Å². The molecule has 1 rings (SSSR count). The predicted octanol–water partition coefficient (Wildman–Crippen LogP) is -0.175. The van der Waals surface area contributed by atoms with Gasteiger partial charge in [-0.3, -0.25) is 10.1 Å². The van der Waals surface area contributed by atoms with Crippen LogP contribution in [0.5, 0.6) is 0 Å². The van der Waals surface area contributed by atoms with E-state index < -0.39 is 12.0 Å². The molecule has 0 unspecified atom stereocenters. The van der Waals surface area contributed by atoms with Crippen LogP contribution in [0.3, 0.4) is 0 Å². The number of carboxylic acid groups (broad SMARTS) is 1. The summed E-state index contributed by atoms with van der Waals surface area (Å²) < 4.78 is 0. The molecule has 0 spiro atoms. The number of rotatable bonds is 1. The van der Waals surface area contributed by atoms with Crippen molar-refractivity contribution >= 4 is 5.97 Å². The molecular formula is C7H9NO2. The fourth-order valence-electron chi connectivity index (χ4n) is 1.07. The van der Waals surface area contributed by atoms with Crippen LogP contribution in [0.25, 0.3) is 0 Å². The first-order valence-electron chi connectivity index (χ1n) is 3.19. The molecule has 1 heterocycles. The molecule has 0 aromatic rings. The van der Waals surface area contributed by atoms with Gasteiger partial charge >= 0.3 is 5.97 Å². The van der Waals surface area contributed by atoms with Crippen LogP contribution < -0.4 is 5.32 Å². The van der Waals surface area contributed by atoms with Gasteiger partial charge in [0.25, 0.3) is 0 Å². The molecule has 2 N–H and O–H groups in total. The van der Waals surface area contributed by atoms with E-state index >= 15 is 0 Å². The molecule has 1 aliphatic rings. The highest BCUT2D eigenvalue weighted by molar-refractivity contribution is 5.74. The quantitative estimate of drug-likeness (QED) is 0.496. The Hall–Kier alpha value is -1.01. The number of nitrogens with one attached hydrogen (secondary N) is 1. The molecule has 0 saturated carbocycles. The number of terminal acetylenes is 1. The largest absolute Gasteiger partial charge is 0.480 e. The summed E-state index contributed by atoms with van der Waals surface area (Å²) >= 11 is 0. The minimum Gasteiger partial charge on any atom is -0.480 e. The van der Waals surface area contributed by atoms with Crippen LogP contribution in [-0.2, 0) is 4.79 Å². The third-order valence-electron chi connectivity index (χ3n) is 1.65. The Morgan fingerprint density at radius 1 is 1.70 bits per heavy atom. The minimum atomic E-state index is -0.808. The third kappa shape index (κ3) is 1.28. The molecule has 3 heteroatoms. The molecule has 0 aromatic carbocycles. The lowest BCUT2D eigenvalue weighted by molar-refractivity contribution is -0.139. The van der Waals surface area contributed by atoms with Crippen molar-refractivity contribution in [3.63, 3.8) is 0 Å². The number of aliphatic carboxylic acids is 1. The Morgan fingerprint density at radius 3 is 2.70 bits per heavy atom. The summed E-state index contributed by atoms with van der Waals surface area (Å²) in [6.45, 7) is 0. The second-order valence-corrected chi connectivity index (χ2v) is 2.35. The summed E-state index contributed by atoms with van der Waals surface area (Å²) in [5.41, 5.74) is 0. The van der Waals surface area contributed by atoms with Crippen LogP contribution in [-0.4, -0.2) is 23.2 Å². The molecule has 2 atom stereocenters. The van der Waals surface area contributed by atoms with Gasteiger partial charge in [-0.2, -0.15) is 0 Å². The molecular weight excluding hydrogens is 130 g/mol. The van der Waals surface area contributed by atoms with E-state index in [1.807, 2.05) is 0 Å². The predicted molar refractivity (Wildman–Crippen MR) is 36.4 cm³/mol. The smallest absolute Gasteiger partial charge is 0.320 e. The van der Waals surface area contributed by atoms with E-state index in [1.54, 1.807) is 0 Å². The van der Waals surface area contributed by atoms with Crippen molar-refractivity contribution in [3.8, 4) is 12.3 Å². The van der Waals surface area contributed by atoms with Gasteiger partial charge < -0.3 is 5.11 Å². The van der Waals surface area contributed by atoms with Crippen molar-refractivity contribution in [1.29, 1.82) is 0 Å². The summed E-state index contributed by atoms with van der Waals surface area (Å²) in [7, 11) is 0. The van der Waals surface area contributed by atoms with Gasteiger partial charge in [0.15, 0.2) is 0 Å². The summed E-state index contributed by atoms with van der Waals surface area (Å²) in [5, 5.41) is 11.3. The Labute approximate surface area is 59.4 Å². The third-order valence-corrected chi connectivity index (χ3v) is 1.65. The monoisotopic (exact) mass is 139 g/mol. The van der Waals surface area contributed by atoms with Crippen molar-refractivity contribution in [1.82, 2.24) is 5.32 Å². The first kappa shape index (κ1) is 7.10. The Bertz CT molecular complexity index is 183. The zero-order chi connectivity index (χ0) is 7.56. The standard InChI is InChI=1S/C7H9NO2/c1-2-5-3-4-6(8-5)7(9)10/h1,5-6,8H,3-4H2,(H,9,10)/t5-,6-/m0/s1. The first-order chi connectivity index (χ1) is 4.74. The topological polar surface area (TPSA) is 49.3 Å². The molecule has 0 bridgehead atoms. The molecule has 1 aliphatic heterocycles. The van der Waals surface area contributed by atoms with Crippen LogP contribution in [0.15, 0.2) is 0 Å². The lowest BCUT2D eigenvalue weighted by atomic mass is 10.2. The minimum absolute atomic E-state index is 0.0406. The molecule has 0 radical (unpaired) electrons. The molecule has 0 aromatic heterocycles. The second kappa shape index (κ2) is 2.72. The Balaban J connectivity index is 2.45. The van der Waals surface area contributed by atoms with Gasteiger partial charge in [-0.15, -0.1) is 6.42 Å². The molecule has 0 amide bonds. The van der Waals surface area contributed by atoms with Crippen molar-refractivity contribution in [2.45, 2.75) is 24.9 Å². The summed E-state index contributed by atoms with van der Waals surface area (Å²) in [5.74, 6) is 1.67. The zero-order valence-electron chi connectivity index (χ0n) is 5.50. The van der Waals surface area contributed by atoms with Gasteiger partial charge in [0.05, 0.1) is 6.04 Å². The zero-order valence-corrected chi connectivity index (χ0v) is 5.50. The van der Waals surface area contributed by atoms with Crippen molar-refractivity contribution in [2.24, 2.45) is 0 Å². The Kier molecular flexibility index (Phi) is 1.93. The fraction of sp³-hybridized carbons (Fsp3) is 0.571. The lowest BCUT2D eigenvalue weighted by Gasteiger charge is -2.03. The molecule has 0 aliphatic carbocycles. The van der Waals surface area contributed by atoms with Crippen molar-refractivity contribution in [2.75, 3.05) is 0 Å². The lowest BCUT2D eigenvalue weighted by Crippen LogP contribution is -2.34. The van der Waals surface area contributed by atoms with Crippen LogP contribution in [0, 0.1) is 12.3 Å². The second-order valence-electron chi connectivity index (χ2n) is 2.35. The van der Waals surface area contributed by atoms with Crippen LogP contribution in [0.2, 0.25) is 0 Å². The maximum Gasteiger partial charge on any atom is 0.320 e. The van der Waals surface area contributed by atoms with Gasteiger partial charge in [-0.1, -0.05) is 5.92 Å². The normalized spacial score (nSPS) is 31.5. The van der Waals surface area contributed by atoms with E-state index in [1.165, 1.54) is 0 Å². The average Bonchev–Trinajstić information content (AvgIpc) is 2.34. The number of hydrogen-bond acceptors (Lipinski definition) is 2. The van der Waals surface area contributed by atoms with Crippen molar-refractivity contribution < 1.29 is 9.90 Å². The summed E-state index contributed by atoms with van der Waals surface area (Å²) in [4.78, 5) is 10.3. The SMILES string of the molecule is C#C[C@H]1CC[C@@H](C(=O)O)N1. The van der Waals surface area contributed by atoms with Crippen LogP contribution >= 0.6 is 0 Å². The maximum absolute atomic E-state index is 10.3. The molecule has 10 heavy (non-hydrogen) atoms. The highest BCUT2D eigenvalue weighted by Crippen LogP contribution is 2.10. The molecule has 3 nitrogen and oxygen atoms in total. The van der Waals surface area contributed by atoms with Gasteiger partial charge in [0.2, 0.25) is 0 Å². The summed E-state index contributed by atoms with van der Waals surface area (Å²) in [6.07, 6.45) is 6.51. The van der Waals surface area contributed by atoms with Gasteiger partial charge in [-0.25, -0.2) is 0 Å². The number of hydrogen-bond donors (Lipinski definition) is 2. The van der Waals surface area contributed by atoms with Gasteiger partial charge in [-0.05, 0) is 12.8 Å². The summed E-state index contributed by atoms with van der Waals surface area (Å²) in [6, 6.07) is -0.470. The molecule has 54 valence electrons. The maximum atomic E-state index is 10.3. The highest BCUT2D eigenvalue weighted by atomic mass is 16.4. The number of carbonyl (C=O) groups is 1. The van der Waals surface area contributed by atoms with Crippen LogP contribution in [0.4, 0.5) is 0 Å². The average molecular weight is 139 g/mol.